The molecular formula is C22H30N4O2. The highest BCUT2D eigenvalue weighted by Crippen LogP contribution is 2.27. The lowest BCUT2D eigenvalue weighted by atomic mass is 10.2. The maximum absolute atomic E-state index is 12.2. The first-order chi connectivity index (χ1) is 13.6. The predicted octanol–water partition coefficient (Wildman–Crippen LogP) is 2.16. The van der Waals surface area contributed by atoms with E-state index in [9.17, 15) is 9.90 Å². The van der Waals surface area contributed by atoms with Crippen molar-refractivity contribution >= 4 is 17.3 Å². The second-order valence-corrected chi connectivity index (χ2v) is 7.21. The number of piperazine rings is 1. The molecule has 3 rings (SSSR count). The van der Waals surface area contributed by atoms with Crippen LogP contribution in [0.25, 0.3) is 0 Å². The van der Waals surface area contributed by atoms with Crippen LogP contribution >= 0.6 is 0 Å². The molecule has 0 unspecified atom stereocenters. The van der Waals surface area contributed by atoms with Crippen LogP contribution in [0.5, 0.6) is 5.75 Å². The Hall–Kier alpha value is -2.73. The van der Waals surface area contributed by atoms with Crippen molar-refractivity contribution in [2.45, 2.75) is 6.42 Å². The number of hydrogen-bond acceptors (Lipinski definition) is 5. The van der Waals surface area contributed by atoms with Gasteiger partial charge >= 0.3 is 0 Å². The van der Waals surface area contributed by atoms with E-state index in [0.29, 0.717) is 18.8 Å². The predicted molar refractivity (Wildman–Crippen MR) is 114 cm³/mol. The van der Waals surface area contributed by atoms with Crippen molar-refractivity contribution in [3.05, 3.63) is 54.6 Å². The van der Waals surface area contributed by atoms with Crippen molar-refractivity contribution in [3.63, 3.8) is 0 Å². The fourth-order valence-electron chi connectivity index (χ4n) is 3.49. The number of amides is 1. The zero-order chi connectivity index (χ0) is 19.8. The van der Waals surface area contributed by atoms with E-state index in [0.717, 1.165) is 44.8 Å². The molecule has 0 atom stereocenters. The van der Waals surface area contributed by atoms with Crippen LogP contribution in [0.1, 0.15) is 6.42 Å². The molecule has 1 aliphatic heterocycles. The Morgan fingerprint density at radius 2 is 1.71 bits per heavy atom. The molecular weight excluding hydrogens is 352 g/mol. The van der Waals surface area contributed by atoms with Crippen LogP contribution in [0, 0.1) is 0 Å². The summed E-state index contributed by atoms with van der Waals surface area (Å²) in [6, 6.07) is 17.7. The highest BCUT2D eigenvalue weighted by Gasteiger charge is 2.20. The number of rotatable bonds is 8. The van der Waals surface area contributed by atoms with Crippen molar-refractivity contribution in [2.24, 2.45) is 0 Å². The Bertz CT molecular complexity index is 745. The first-order valence-corrected chi connectivity index (χ1v) is 9.91. The van der Waals surface area contributed by atoms with Crippen molar-refractivity contribution < 1.29 is 9.90 Å². The summed E-state index contributed by atoms with van der Waals surface area (Å²) in [6.45, 7) is 5.29. The number of phenols is 1. The van der Waals surface area contributed by atoms with Gasteiger partial charge in [-0.1, -0.05) is 30.3 Å². The molecule has 28 heavy (non-hydrogen) atoms. The number of nitrogens with zero attached hydrogens (tertiary/aromatic N) is 3. The van der Waals surface area contributed by atoms with Gasteiger partial charge in [0.25, 0.3) is 0 Å². The highest BCUT2D eigenvalue weighted by molar-refractivity contribution is 5.78. The molecule has 1 amide bonds. The lowest BCUT2D eigenvalue weighted by Gasteiger charge is -2.35. The van der Waals surface area contributed by atoms with Crippen LogP contribution in [0.2, 0.25) is 0 Å². The van der Waals surface area contributed by atoms with E-state index < -0.39 is 0 Å². The maximum atomic E-state index is 12.2. The van der Waals surface area contributed by atoms with Gasteiger partial charge in [-0.05, 0) is 30.7 Å². The molecule has 0 aliphatic carbocycles. The van der Waals surface area contributed by atoms with E-state index in [1.165, 1.54) is 5.69 Å². The van der Waals surface area contributed by atoms with Crippen LogP contribution in [0.15, 0.2) is 54.6 Å². The minimum absolute atomic E-state index is 0.0818. The van der Waals surface area contributed by atoms with Gasteiger partial charge in [0, 0.05) is 52.0 Å². The van der Waals surface area contributed by atoms with Gasteiger partial charge in [-0.2, -0.15) is 0 Å². The van der Waals surface area contributed by atoms with Gasteiger partial charge in [-0.15, -0.1) is 0 Å². The summed E-state index contributed by atoms with van der Waals surface area (Å²) >= 11 is 0. The van der Waals surface area contributed by atoms with Gasteiger partial charge in [-0.25, -0.2) is 0 Å². The molecule has 1 heterocycles. The summed E-state index contributed by atoms with van der Waals surface area (Å²) in [4.78, 5) is 18.7. The summed E-state index contributed by atoms with van der Waals surface area (Å²) < 4.78 is 0. The molecule has 0 aromatic heterocycles. The average molecular weight is 383 g/mol. The molecule has 0 spiro atoms. The zero-order valence-electron chi connectivity index (χ0n) is 16.6. The fraction of sp³-hybridized carbons (Fsp3) is 0.409. The Morgan fingerprint density at radius 1 is 1.04 bits per heavy atom. The normalized spacial score (nSPS) is 14.7. The van der Waals surface area contributed by atoms with Gasteiger partial charge in [0.2, 0.25) is 5.91 Å². The van der Waals surface area contributed by atoms with Gasteiger partial charge in [0.05, 0.1) is 12.2 Å². The number of carbonyl (C=O) groups excluding carboxylic acids is 1. The number of anilines is 2. The topological polar surface area (TPSA) is 59.1 Å². The number of phenolic OH excluding ortho intramolecular Hbond substituents is 1. The summed E-state index contributed by atoms with van der Waals surface area (Å²) in [5.41, 5.74) is 2.06. The molecule has 1 saturated heterocycles. The summed E-state index contributed by atoms with van der Waals surface area (Å²) in [5.74, 6) is 0.396. The average Bonchev–Trinajstić information content (AvgIpc) is 2.73. The number of para-hydroxylation sites is 3. The lowest BCUT2D eigenvalue weighted by Crippen LogP contribution is -2.49. The maximum Gasteiger partial charge on any atom is 0.234 e. The monoisotopic (exact) mass is 382 g/mol. The zero-order valence-corrected chi connectivity index (χ0v) is 16.6. The molecule has 0 radical (unpaired) electrons. The first kappa shape index (κ1) is 20.0. The molecule has 1 fully saturated rings. The Morgan fingerprint density at radius 3 is 2.43 bits per heavy atom. The van der Waals surface area contributed by atoms with Crippen molar-refractivity contribution in [2.75, 3.05) is 62.7 Å². The number of aromatic hydroxyl groups is 1. The highest BCUT2D eigenvalue weighted by atomic mass is 16.3. The summed E-state index contributed by atoms with van der Waals surface area (Å²) in [5, 5.41) is 13.0. The fourth-order valence-corrected chi connectivity index (χ4v) is 3.49. The molecule has 2 aromatic rings. The van der Waals surface area contributed by atoms with E-state index in [4.69, 9.17) is 0 Å². The Kier molecular flexibility index (Phi) is 7.14. The second kappa shape index (κ2) is 9.99. The van der Waals surface area contributed by atoms with E-state index in [1.807, 2.05) is 36.4 Å². The molecule has 2 aromatic carbocycles. The van der Waals surface area contributed by atoms with Crippen LogP contribution in [0.3, 0.4) is 0 Å². The molecule has 0 bridgehead atoms. The second-order valence-electron chi connectivity index (χ2n) is 7.21. The summed E-state index contributed by atoms with van der Waals surface area (Å²) in [6.07, 6.45) is 0.915. The number of hydrogen-bond donors (Lipinski definition) is 2. The van der Waals surface area contributed by atoms with Gasteiger partial charge in [-0.3, -0.25) is 9.69 Å². The Balaban J connectivity index is 1.32. The van der Waals surface area contributed by atoms with Crippen LogP contribution < -0.4 is 15.1 Å². The first-order valence-electron chi connectivity index (χ1n) is 9.91. The van der Waals surface area contributed by atoms with Crippen LogP contribution in [0.4, 0.5) is 11.4 Å². The van der Waals surface area contributed by atoms with Gasteiger partial charge < -0.3 is 20.2 Å². The SMILES string of the molecule is CN(CCCNC(=O)CN1CCN(c2ccccc2O)CC1)c1ccccc1. The molecule has 150 valence electrons. The molecule has 6 heteroatoms. The molecule has 1 aliphatic rings. The minimum atomic E-state index is 0.0818. The molecule has 0 saturated carbocycles. The van der Waals surface area contributed by atoms with E-state index in [-0.39, 0.29) is 5.91 Å². The van der Waals surface area contributed by atoms with Gasteiger partial charge in [0.1, 0.15) is 5.75 Å². The smallest absolute Gasteiger partial charge is 0.234 e. The third-order valence-electron chi connectivity index (χ3n) is 5.15. The third kappa shape index (κ3) is 5.63. The number of carbonyl (C=O) groups is 1. The Labute approximate surface area is 167 Å². The quantitative estimate of drug-likeness (QED) is 0.685. The van der Waals surface area contributed by atoms with Gasteiger partial charge in [0.15, 0.2) is 0 Å². The standard InChI is InChI=1S/C22H30N4O2/c1-24(19-8-3-2-4-9-19)13-7-12-23-22(28)18-25-14-16-26(17-15-25)20-10-5-6-11-21(20)27/h2-6,8-11,27H,7,12-18H2,1H3,(H,23,28). The summed E-state index contributed by atoms with van der Waals surface area (Å²) in [7, 11) is 2.07. The molecule has 2 N–H and O–H groups in total. The molecule has 6 nitrogen and oxygen atoms in total. The largest absolute Gasteiger partial charge is 0.506 e. The van der Waals surface area contributed by atoms with E-state index >= 15 is 0 Å². The van der Waals surface area contributed by atoms with Crippen molar-refractivity contribution in [3.8, 4) is 5.75 Å². The number of benzene rings is 2. The van der Waals surface area contributed by atoms with Crippen molar-refractivity contribution in [1.29, 1.82) is 0 Å². The van der Waals surface area contributed by atoms with Crippen LogP contribution in [-0.4, -0.2) is 68.8 Å². The van der Waals surface area contributed by atoms with E-state index in [2.05, 4.69) is 39.2 Å². The third-order valence-corrected chi connectivity index (χ3v) is 5.15. The van der Waals surface area contributed by atoms with E-state index in [1.54, 1.807) is 6.07 Å². The lowest BCUT2D eigenvalue weighted by molar-refractivity contribution is -0.122. The van der Waals surface area contributed by atoms with Crippen LogP contribution in [-0.2, 0) is 4.79 Å². The number of nitrogens with one attached hydrogen (secondary N) is 1. The minimum Gasteiger partial charge on any atom is -0.506 e. The van der Waals surface area contributed by atoms with Crippen molar-refractivity contribution in [1.82, 2.24) is 10.2 Å².